The third-order valence-corrected chi connectivity index (χ3v) is 5.30. The second kappa shape index (κ2) is 6.00. The van der Waals surface area contributed by atoms with Crippen molar-refractivity contribution >= 4 is 28.1 Å². The third kappa shape index (κ3) is 3.02. The Hall–Kier alpha value is -1.64. The number of esters is 1. The van der Waals surface area contributed by atoms with E-state index in [1.807, 2.05) is 0 Å². The number of carbonyl (C=O) groups is 1. The van der Waals surface area contributed by atoms with Crippen LogP contribution in [0.2, 0.25) is 0 Å². The van der Waals surface area contributed by atoms with Crippen LogP contribution in [0.25, 0.3) is 0 Å². The maximum atomic E-state index is 11.7. The second-order valence-electron chi connectivity index (χ2n) is 4.76. The molecule has 0 aromatic heterocycles. The highest BCUT2D eigenvalue weighted by Gasteiger charge is 2.30. The summed E-state index contributed by atoms with van der Waals surface area (Å²) in [6.45, 7) is 0.461. The first-order valence-corrected chi connectivity index (χ1v) is 8.17. The normalized spacial score (nSPS) is 19.0. The molecular formula is C13H20N2O5S. The van der Waals surface area contributed by atoms with Gasteiger partial charge in [-0.1, -0.05) is 0 Å². The summed E-state index contributed by atoms with van der Waals surface area (Å²) in [6.07, 6.45) is 1.56. The van der Waals surface area contributed by atoms with Crippen molar-refractivity contribution in [2.45, 2.75) is 12.8 Å². The maximum Gasteiger partial charge on any atom is 0.338 e. The number of nitrogens with zero attached hydrogens (tertiary/aromatic N) is 1. The fourth-order valence-electron chi connectivity index (χ4n) is 2.36. The molecule has 1 aliphatic heterocycles. The van der Waals surface area contributed by atoms with E-state index >= 15 is 0 Å². The number of nitrogen functional groups attached to an aromatic ring is 1. The molecular weight excluding hydrogens is 296 g/mol. The highest BCUT2D eigenvalue weighted by atomic mass is 32.3. The van der Waals surface area contributed by atoms with Crippen molar-refractivity contribution in [2.24, 2.45) is 0 Å². The number of hydrogen-bond acceptors (Lipinski definition) is 7. The van der Waals surface area contributed by atoms with E-state index in [4.69, 9.17) is 10.5 Å². The van der Waals surface area contributed by atoms with Gasteiger partial charge in [0.05, 0.1) is 31.2 Å². The van der Waals surface area contributed by atoms with Gasteiger partial charge in [0.15, 0.2) is 5.75 Å². The zero-order chi connectivity index (χ0) is 15.6. The molecule has 1 aromatic rings. The maximum absolute atomic E-state index is 11.7. The summed E-state index contributed by atoms with van der Waals surface area (Å²) < 4.78 is 31.9. The lowest BCUT2D eigenvalue weighted by Crippen LogP contribution is -2.34. The fraction of sp³-hybridized carbons (Fsp3) is 0.462. The van der Waals surface area contributed by atoms with E-state index < -0.39 is 16.7 Å². The van der Waals surface area contributed by atoms with Gasteiger partial charge in [0, 0.05) is 6.54 Å². The van der Waals surface area contributed by atoms with Gasteiger partial charge >= 0.3 is 5.97 Å². The average Bonchev–Trinajstić information content (AvgIpc) is 2.45. The molecule has 0 aliphatic carbocycles. The molecule has 118 valence electrons. The number of ether oxygens (including phenoxy) is 2. The Morgan fingerprint density at radius 2 is 2.05 bits per heavy atom. The molecule has 0 spiro atoms. The minimum Gasteiger partial charge on any atom is -0.492 e. The summed E-state index contributed by atoms with van der Waals surface area (Å²) in [5.74, 6) is 0.0713. The van der Waals surface area contributed by atoms with Crippen LogP contribution in [-0.2, 0) is 4.74 Å². The van der Waals surface area contributed by atoms with E-state index in [1.165, 1.54) is 30.7 Å². The van der Waals surface area contributed by atoms with E-state index in [0.29, 0.717) is 23.7 Å². The Kier molecular flexibility index (Phi) is 4.50. The van der Waals surface area contributed by atoms with E-state index in [1.54, 1.807) is 0 Å². The largest absolute Gasteiger partial charge is 0.492 e. The fourth-order valence-corrected chi connectivity index (χ4v) is 4.05. The van der Waals surface area contributed by atoms with Crippen LogP contribution in [0.15, 0.2) is 12.1 Å². The number of nitrogens with two attached hydrogens (primary N) is 1. The number of hydrogen-bond donors (Lipinski definition) is 3. The zero-order valence-electron chi connectivity index (χ0n) is 12.0. The molecule has 0 amide bonds. The molecule has 1 fully saturated rings. The van der Waals surface area contributed by atoms with Gasteiger partial charge in [0.25, 0.3) is 0 Å². The molecule has 4 N–H and O–H groups in total. The molecule has 8 heteroatoms. The first-order chi connectivity index (χ1) is 9.90. The molecule has 0 unspecified atom stereocenters. The Morgan fingerprint density at radius 1 is 1.33 bits per heavy atom. The van der Waals surface area contributed by atoms with Gasteiger partial charge in [-0.15, -0.1) is 10.8 Å². The summed E-state index contributed by atoms with van der Waals surface area (Å²) in [5, 5.41) is 0. The molecule has 0 saturated carbocycles. The molecule has 0 atom stereocenters. The smallest absolute Gasteiger partial charge is 0.338 e. The van der Waals surface area contributed by atoms with Crippen LogP contribution in [0.3, 0.4) is 0 Å². The summed E-state index contributed by atoms with van der Waals surface area (Å²) in [7, 11) is -0.208. The van der Waals surface area contributed by atoms with Crippen LogP contribution in [0.5, 0.6) is 5.75 Å². The lowest BCUT2D eigenvalue weighted by Gasteiger charge is -2.47. The molecule has 0 radical (unpaired) electrons. The first-order valence-electron chi connectivity index (χ1n) is 6.50. The third-order valence-electron chi connectivity index (χ3n) is 3.37. The number of anilines is 2. The summed E-state index contributed by atoms with van der Waals surface area (Å²) in [5.41, 5.74) is 6.80. The Balaban J connectivity index is 2.54. The minimum absolute atomic E-state index is 0.242. The highest BCUT2D eigenvalue weighted by molar-refractivity contribution is 8.25. The van der Waals surface area contributed by atoms with Crippen molar-refractivity contribution in [3.05, 3.63) is 17.7 Å². The number of methoxy groups -OCH3 is 2. The molecule has 2 rings (SSSR count). The van der Waals surface area contributed by atoms with Crippen molar-refractivity contribution < 1.29 is 23.4 Å². The van der Waals surface area contributed by atoms with Gasteiger partial charge in [0.2, 0.25) is 0 Å². The predicted molar refractivity (Wildman–Crippen MR) is 83.0 cm³/mol. The summed E-state index contributed by atoms with van der Waals surface area (Å²) in [4.78, 5) is 11.7. The van der Waals surface area contributed by atoms with Crippen LogP contribution in [-0.4, -0.2) is 41.6 Å². The van der Waals surface area contributed by atoms with Crippen LogP contribution in [0.4, 0.5) is 11.4 Å². The predicted octanol–water partition coefficient (Wildman–Crippen LogP) is 2.33. The highest BCUT2D eigenvalue weighted by Crippen LogP contribution is 2.53. The zero-order valence-corrected chi connectivity index (χ0v) is 12.9. The summed E-state index contributed by atoms with van der Waals surface area (Å²) in [6, 6.07) is 2.96. The Bertz CT molecular complexity index is 550. The monoisotopic (exact) mass is 316 g/mol. The van der Waals surface area contributed by atoms with Crippen LogP contribution in [0.1, 0.15) is 23.2 Å². The second-order valence-corrected chi connectivity index (χ2v) is 6.87. The average molecular weight is 316 g/mol. The van der Waals surface area contributed by atoms with Crippen molar-refractivity contribution in [3.8, 4) is 5.75 Å². The molecule has 1 aromatic carbocycles. The lowest BCUT2D eigenvalue weighted by atomic mass is 10.1. The van der Waals surface area contributed by atoms with Crippen LogP contribution < -0.4 is 14.8 Å². The minimum atomic E-state index is -2.93. The van der Waals surface area contributed by atoms with Crippen molar-refractivity contribution in [1.82, 2.24) is 0 Å². The van der Waals surface area contributed by atoms with Gasteiger partial charge in [0.1, 0.15) is 5.69 Å². The molecule has 1 aliphatic rings. The van der Waals surface area contributed by atoms with E-state index in [0.717, 1.165) is 12.8 Å². The summed E-state index contributed by atoms with van der Waals surface area (Å²) >= 11 is 0. The molecule has 1 saturated heterocycles. The Morgan fingerprint density at radius 3 is 2.62 bits per heavy atom. The quantitative estimate of drug-likeness (QED) is 0.580. The molecule has 7 nitrogen and oxygen atoms in total. The molecule has 21 heavy (non-hydrogen) atoms. The van der Waals surface area contributed by atoms with Crippen molar-refractivity contribution in [2.75, 3.05) is 36.6 Å². The standard InChI is InChI=1S/C13H20N2O5S/c1-19-12-10(14)7-9(13(16)20-2)8-11(12)15-5-3-4-6-21(15,17)18/h7-8,17-18H,3-6,14H2,1-2H3. The van der Waals surface area contributed by atoms with Gasteiger partial charge in [-0.3, -0.25) is 13.4 Å². The lowest BCUT2D eigenvalue weighted by molar-refractivity contribution is 0.0600. The number of benzene rings is 1. The molecule has 1 heterocycles. The van der Waals surface area contributed by atoms with E-state index in [2.05, 4.69) is 4.74 Å². The van der Waals surface area contributed by atoms with E-state index in [9.17, 15) is 13.9 Å². The SMILES string of the molecule is COC(=O)c1cc(N)c(OC)c(N2CCCCS2(O)O)c1. The Labute approximate surface area is 125 Å². The van der Waals surface area contributed by atoms with Crippen molar-refractivity contribution in [3.63, 3.8) is 0 Å². The van der Waals surface area contributed by atoms with Gasteiger partial charge in [-0.25, -0.2) is 4.79 Å². The number of rotatable bonds is 3. The topological polar surface area (TPSA) is 105 Å². The first kappa shape index (κ1) is 15.7. The van der Waals surface area contributed by atoms with Crippen LogP contribution >= 0.6 is 10.8 Å². The molecule has 0 bridgehead atoms. The van der Waals surface area contributed by atoms with E-state index in [-0.39, 0.29) is 11.3 Å². The van der Waals surface area contributed by atoms with Crippen molar-refractivity contribution in [1.29, 1.82) is 0 Å². The van der Waals surface area contributed by atoms with Gasteiger partial charge in [-0.2, -0.15) is 0 Å². The van der Waals surface area contributed by atoms with Gasteiger partial charge in [-0.05, 0) is 25.0 Å². The van der Waals surface area contributed by atoms with Crippen LogP contribution in [0, 0.1) is 0 Å². The van der Waals surface area contributed by atoms with Gasteiger partial charge < -0.3 is 15.2 Å². The number of carbonyl (C=O) groups excluding carboxylic acids is 1.